The number of aryl methyl sites for hydroxylation is 1. The molecule has 5 nitrogen and oxygen atoms in total. The molecule has 0 radical (unpaired) electrons. The fraction of sp³-hybridized carbons (Fsp3) is 0.267. The first-order valence-electron chi connectivity index (χ1n) is 6.58. The second-order valence-corrected chi connectivity index (χ2v) is 5.02. The summed E-state index contributed by atoms with van der Waals surface area (Å²) in [6.45, 7) is 2.51. The summed E-state index contributed by atoms with van der Waals surface area (Å²) in [5, 5.41) is 0. The first-order chi connectivity index (χ1) is 10.2. The van der Waals surface area contributed by atoms with Crippen LogP contribution in [0.25, 0.3) is 11.0 Å². The van der Waals surface area contributed by atoms with Crippen LogP contribution >= 0.6 is 11.6 Å². The molecule has 0 spiro atoms. The zero-order valence-electron chi connectivity index (χ0n) is 11.9. The van der Waals surface area contributed by atoms with Crippen LogP contribution in [0.3, 0.4) is 0 Å². The maximum atomic E-state index is 6.02. The normalized spacial score (nSPS) is 11.0. The van der Waals surface area contributed by atoms with Gasteiger partial charge in [0.25, 0.3) is 0 Å². The molecule has 0 aliphatic carbocycles. The van der Waals surface area contributed by atoms with E-state index in [2.05, 4.69) is 19.5 Å². The molecule has 2 aromatic heterocycles. The van der Waals surface area contributed by atoms with E-state index in [1.165, 1.54) is 0 Å². The highest BCUT2D eigenvalue weighted by Crippen LogP contribution is 2.23. The predicted octanol–water partition coefficient (Wildman–Crippen LogP) is 2.93. The third-order valence-electron chi connectivity index (χ3n) is 3.31. The highest BCUT2D eigenvalue weighted by atomic mass is 35.5. The Morgan fingerprint density at radius 3 is 2.76 bits per heavy atom. The van der Waals surface area contributed by atoms with Gasteiger partial charge in [-0.2, -0.15) is 0 Å². The molecule has 108 valence electrons. The molecule has 0 fully saturated rings. The number of hydrogen-bond acceptors (Lipinski definition) is 4. The smallest absolute Gasteiger partial charge is 0.125 e. The van der Waals surface area contributed by atoms with Gasteiger partial charge in [0.15, 0.2) is 0 Å². The fourth-order valence-electron chi connectivity index (χ4n) is 2.23. The average Bonchev–Trinajstić information content (AvgIpc) is 2.86. The molecule has 1 aromatic carbocycles. The van der Waals surface area contributed by atoms with Crippen molar-refractivity contribution in [2.24, 2.45) is 0 Å². The molecule has 0 saturated carbocycles. The van der Waals surface area contributed by atoms with Crippen LogP contribution in [-0.2, 0) is 12.4 Å². The molecule has 0 saturated heterocycles. The van der Waals surface area contributed by atoms with E-state index in [1.54, 1.807) is 19.5 Å². The van der Waals surface area contributed by atoms with Crippen molar-refractivity contribution in [3.63, 3.8) is 0 Å². The van der Waals surface area contributed by atoms with E-state index in [0.717, 1.165) is 34.0 Å². The van der Waals surface area contributed by atoms with Gasteiger partial charge >= 0.3 is 0 Å². The number of benzene rings is 1. The van der Waals surface area contributed by atoms with Crippen molar-refractivity contribution < 1.29 is 4.74 Å². The maximum absolute atomic E-state index is 6.02. The number of imidazole rings is 1. The highest BCUT2D eigenvalue weighted by Gasteiger charge is 2.12. The highest BCUT2D eigenvalue weighted by molar-refractivity contribution is 6.16. The number of nitrogens with zero attached hydrogens (tertiary/aromatic N) is 4. The number of ether oxygens (including phenoxy) is 1. The minimum absolute atomic E-state index is 0.344. The summed E-state index contributed by atoms with van der Waals surface area (Å²) in [6.07, 6.45) is 3.54. The van der Waals surface area contributed by atoms with Crippen LogP contribution in [0.1, 0.15) is 17.2 Å². The molecule has 3 rings (SSSR count). The number of methoxy groups -OCH3 is 1. The second kappa shape index (κ2) is 5.69. The zero-order valence-corrected chi connectivity index (χ0v) is 12.6. The fourth-order valence-corrected chi connectivity index (χ4v) is 2.43. The van der Waals surface area contributed by atoms with E-state index in [1.807, 2.05) is 25.1 Å². The van der Waals surface area contributed by atoms with E-state index in [9.17, 15) is 0 Å². The van der Waals surface area contributed by atoms with Crippen molar-refractivity contribution in [3.05, 3.63) is 47.8 Å². The molecule has 3 aromatic rings. The van der Waals surface area contributed by atoms with Crippen molar-refractivity contribution in [2.75, 3.05) is 7.11 Å². The Morgan fingerprint density at radius 1 is 1.24 bits per heavy atom. The number of alkyl halides is 1. The minimum atomic E-state index is 0.344. The SMILES string of the molecule is COc1ccc2c(c1)nc(CCl)n2Cc1cnc(C)cn1. The van der Waals surface area contributed by atoms with Crippen molar-refractivity contribution in [3.8, 4) is 5.75 Å². The number of fused-ring (bicyclic) bond motifs is 1. The van der Waals surface area contributed by atoms with Crippen LogP contribution in [0.4, 0.5) is 0 Å². The van der Waals surface area contributed by atoms with Gasteiger partial charge in [0.2, 0.25) is 0 Å². The van der Waals surface area contributed by atoms with Crippen molar-refractivity contribution in [1.82, 2.24) is 19.5 Å². The van der Waals surface area contributed by atoms with Crippen molar-refractivity contribution in [1.29, 1.82) is 0 Å². The van der Waals surface area contributed by atoms with Gasteiger partial charge in [0, 0.05) is 12.3 Å². The van der Waals surface area contributed by atoms with Gasteiger partial charge in [-0.05, 0) is 19.1 Å². The van der Waals surface area contributed by atoms with Crippen molar-refractivity contribution in [2.45, 2.75) is 19.3 Å². The van der Waals surface area contributed by atoms with E-state index in [4.69, 9.17) is 16.3 Å². The second-order valence-electron chi connectivity index (χ2n) is 4.75. The van der Waals surface area contributed by atoms with Crippen LogP contribution in [0.2, 0.25) is 0 Å². The molecule has 0 aliphatic rings. The molecule has 2 heterocycles. The van der Waals surface area contributed by atoms with Gasteiger partial charge in [-0.25, -0.2) is 4.98 Å². The van der Waals surface area contributed by atoms with Gasteiger partial charge in [-0.3, -0.25) is 9.97 Å². The van der Waals surface area contributed by atoms with E-state index < -0.39 is 0 Å². The van der Waals surface area contributed by atoms with Crippen molar-refractivity contribution >= 4 is 22.6 Å². The summed E-state index contributed by atoms with van der Waals surface area (Å²) in [6, 6.07) is 5.81. The Labute approximate surface area is 127 Å². The summed E-state index contributed by atoms with van der Waals surface area (Å²) in [7, 11) is 1.64. The Hall–Kier alpha value is -2.14. The van der Waals surface area contributed by atoms with Crippen LogP contribution in [0.15, 0.2) is 30.6 Å². The molecular formula is C15H15ClN4O. The molecule has 0 bridgehead atoms. The Balaban J connectivity index is 2.05. The van der Waals surface area contributed by atoms with E-state index in [0.29, 0.717) is 12.4 Å². The van der Waals surface area contributed by atoms with Gasteiger partial charge < -0.3 is 9.30 Å². The average molecular weight is 303 g/mol. The summed E-state index contributed by atoms with van der Waals surface area (Å²) in [5.74, 6) is 1.93. The predicted molar refractivity (Wildman–Crippen MR) is 81.7 cm³/mol. The topological polar surface area (TPSA) is 52.8 Å². The maximum Gasteiger partial charge on any atom is 0.125 e. The summed E-state index contributed by atoms with van der Waals surface area (Å²) >= 11 is 6.02. The Bertz CT molecular complexity index is 767. The molecule has 0 N–H and O–H groups in total. The van der Waals surface area contributed by atoms with Crippen LogP contribution in [-0.4, -0.2) is 26.6 Å². The lowest BCUT2D eigenvalue weighted by Crippen LogP contribution is -2.06. The van der Waals surface area contributed by atoms with Gasteiger partial charge in [-0.1, -0.05) is 0 Å². The first-order valence-corrected chi connectivity index (χ1v) is 7.11. The summed E-state index contributed by atoms with van der Waals surface area (Å²) in [4.78, 5) is 13.2. The number of aromatic nitrogens is 4. The van der Waals surface area contributed by atoms with Gasteiger partial charge in [0.1, 0.15) is 11.6 Å². The van der Waals surface area contributed by atoms with Crippen LogP contribution in [0, 0.1) is 6.92 Å². The molecule has 0 atom stereocenters. The summed E-state index contributed by atoms with van der Waals surface area (Å²) in [5.41, 5.74) is 3.65. The van der Waals surface area contributed by atoms with Gasteiger partial charge in [-0.15, -0.1) is 11.6 Å². The largest absolute Gasteiger partial charge is 0.497 e. The quantitative estimate of drug-likeness (QED) is 0.695. The number of halogens is 1. The third kappa shape index (κ3) is 2.69. The third-order valence-corrected chi connectivity index (χ3v) is 3.55. The molecule has 0 unspecified atom stereocenters. The van der Waals surface area contributed by atoms with E-state index >= 15 is 0 Å². The lowest BCUT2D eigenvalue weighted by Gasteiger charge is -2.07. The summed E-state index contributed by atoms with van der Waals surface area (Å²) < 4.78 is 7.29. The Kier molecular flexibility index (Phi) is 3.75. The minimum Gasteiger partial charge on any atom is -0.497 e. The van der Waals surface area contributed by atoms with Gasteiger partial charge in [0.05, 0.1) is 48.2 Å². The molecule has 21 heavy (non-hydrogen) atoms. The number of rotatable bonds is 4. The molecule has 6 heteroatoms. The molecule has 0 amide bonds. The molecular weight excluding hydrogens is 288 g/mol. The zero-order chi connectivity index (χ0) is 14.8. The lowest BCUT2D eigenvalue weighted by molar-refractivity contribution is 0.415. The monoisotopic (exact) mass is 302 g/mol. The first kappa shape index (κ1) is 13.8. The lowest BCUT2D eigenvalue weighted by atomic mass is 10.3. The van der Waals surface area contributed by atoms with Crippen LogP contribution in [0.5, 0.6) is 5.75 Å². The number of hydrogen-bond donors (Lipinski definition) is 0. The molecule has 0 aliphatic heterocycles. The van der Waals surface area contributed by atoms with E-state index in [-0.39, 0.29) is 0 Å². The standard InChI is InChI=1S/C15H15ClN4O/c1-10-7-18-11(8-17-10)9-20-14-4-3-12(21-2)5-13(14)19-15(20)6-16/h3-5,7-8H,6,9H2,1-2H3. The Morgan fingerprint density at radius 2 is 2.10 bits per heavy atom. The van der Waals surface area contributed by atoms with Crippen LogP contribution < -0.4 is 4.74 Å².